The van der Waals surface area contributed by atoms with E-state index in [2.05, 4.69) is 21.2 Å². The number of terminal acetylenes is 1. The zero-order chi connectivity index (χ0) is 13.8. The van der Waals surface area contributed by atoms with E-state index in [-0.39, 0.29) is 11.9 Å². The Hall–Kier alpha value is -2.13. The highest BCUT2D eigenvalue weighted by atomic mass is 32.1. The summed E-state index contributed by atoms with van der Waals surface area (Å²) >= 11 is 1.24. The highest BCUT2D eigenvalue weighted by molar-refractivity contribution is 7.21. The zero-order valence-electron chi connectivity index (χ0n) is 10.5. The van der Waals surface area contributed by atoms with Gasteiger partial charge in [-0.05, 0) is 6.42 Å². The molecule has 3 N–H and O–H groups in total. The second kappa shape index (κ2) is 5.67. The Morgan fingerprint density at radius 2 is 2.32 bits per heavy atom. The van der Waals surface area contributed by atoms with Crippen LogP contribution in [0.5, 0.6) is 0 Å². The van der Waals surface area contributed by atoms with Gasteiger partial charge in [-0.25, -0.2) is 9.97 Å². The maximum Gasteiger partial charge on any atom is 0.263 e. The molecular formula is C13H14N4OS. The number of aromatic nitrogens is 2. The van der Waals surface area contributed by atoms with Crippen LogP contribution in [0.1, 0.15) is 29.4 Å². The standard InChI is InChI=1S/C13H14N4OS/c1-3-5-8(4-2)17-12(18)11-9(14)10-13(19-11)16-7-6-15-10/h1,6-8H,4-5,14H2,2H3,(H,17,18). The molecule has 0 aliphatic heterocycles. The Balaban J connectivity index is 2.27. The lowest BCUT2D eigenvalue weighted by Gasteiger charge is -2.13. The quantitative estimate of drug-likeness (QED) is 0.833. The first-order chi connectivity index (χ1) is 9.17. The number of carbonyl (C=O) groups excluding carboxylic acids is 1. The summed E-state index contributed by atoms with van der Waals surface area (Å²) in [7, 11) is 0. The van der Waals surface area contributed by atoms with Crippen LogP contribution in [-0.4, -0.2) is 21.9 Å². The van der Waals surface area contributed by atoms with Gasteiger partial charge in [0.2, 0.25) is 0 Å². The van der Waals surface area contributed by atoms with Crippen molar-refractivity contribution in [1.29, 1.82) is 0 Å². The number of hydrogen-bond acceptors (Lipinski definition) is 5. The van der Waals surface area contributed by atoms with Crippen LogP contribution >= 0.6 is 11.3 Å². The number of hydrogen-bond donors (Lipinski definition) is 2. The van der Waals surface area contributed by atoms with Gasteiger partial charge in [-0.1, -0.05) is 6.92 Å². The summed E-state index contributed by atoms with van der Waals surface area (Å²) in [6, 6.07) is -0.0389. The van der Waals surface area contributed by atoms with Crippen LogP contribution in [0.2, 0.25) is 0 Å². The predicted molar refractivity (Wildman–Crippen MR) is 76.8 cm³/mol. The Morgan fingerprint density at radius 3 is 2.95 bits per heavy atom. The van der Waals surface area contributed by atoms with Crippen molar-refractivity contribution in [2.75, 3.05) is 5.73 Å². The first kappa shape index (κ1) is 13.3. The fraction of sp³-hybridized carbons (Fsp3) is 0.308. The number of amides is 1. The maximum atomic E-state index is 12.2. The lowest BCUT2D eigenvalue weighted by Crippen LogP contribution is -2.33. The van der Waals surface area contributed by atoms with Gasteiger partial charge >= 0.3 is 0 Å². The highest BCUT2D eigenvalue weighted by Crippen LogP contribution is 2.30. The van der Waals surface area contributed by atoms with Crippen molar-refractivity contribution in [3.63, 3.8) is 0 Å². The fourth-order valence-corrected chi connectivity index (χ4v) is 2.63. The van der Waals surface area contributed by atoms with E-state index in [0.29, 0.717) is 27.3 Å². The summed E-state index contributed by atoms with van der Waals surface area (Å²) in [6.45, 7) is 1.97. The predicted octanol–water partition coefficient (Wildman–Crippen LogP) is 1.81. The largest absolute Gasteiger partial charge is 0.396 e. The van der Waals surface area contributed by atoms with E-state index in [0.717, 1.165) is 6.42 Å². The first-order valence-electron chi connectivity index (χ1n) is 5.90. The topological polar surface area (TPSA) is 80.9 Å². The summed E-state index contributed by atoms with van der Waals surface area (Å²) < 4.78 is 0. The van der Waals surface area contributed by atoms with E-state index in [9.17, 15) is 4.79 Å². The van der Waals surface area contributed by atoms with Crippen LogP contribution in [0.15, 0.2) is 12.4 Å². The fourth-order valence-electron chi connectivity index (χ4n) is 1.70. The summed E-state index contributed by atoms with van der Waals surface area (Å²) in [6.07, 6.45) is 9.68. The SMILES string of the molecule is C#CCC(CC)NC(=O)c1sc2nccnc2c1N. The average molecular weight is 274 g/mol. The molecular weight excluding hydrogens is 260 g/mol. The summed E-state index contributed by atoms with van der Waals surface area (Å²) in [5, 5.41) is 2.88. The molecule has 2 heterocycles. The smallest absolute Gasteiger partial charge is 0.263 e. The molecule has 1 amide bonds. The van der Waals surface area contributed by atoms with E-state index in [1.54, 1.807) is 12.4 Å². The minimum absolute atomic E-state index is 0.0389. The van der Waals surface area contributed by atoms with Crippen molar-refractivity contribution in [2.24, 2.45) is 0 Å². The molecule has 0 saturated carbocycles. The van der Waals surface area contributed by atoms with Gasteiger partial charge in [-0.15, -0.1) is 23.7 Å². The number of nitrogens with zero attached hydrogens (tertiary/aromatic N) is 2. The molecule has 2 aromatic rings. The number of nitrogens with one attached hydrogen (secondary N) is 1. The lowest BCUT2D eigenvalue weighted by atomic mass is 10.1. The molecule has 2 aromatic heterocycles. The third-order valence-corrected chi connectivity index (χ3v) is 3.86. The van der Waals surface area contributed by atoms with Crippen LogP contribution in [0.25, 0.3) is 10.3 Å². The van der Waals surface area contributed by atoms with Crippen LogP contribution in [0, 0.1) is 12.3 Å². The number of nitrogens with two attached hydrogens (primary N) is 1. The molecule has 0 aliphatic rings. The first-order valence-corrected chi connectivity index (χ1v) is 6.72. The van der Waals surface area contributed by atoms with Crippen molar-refractivity contribution >= 4 is 33.3 Å². The summed E-state index contributed by atoms with van der Waals surface area (Å²) in [5.41, 5.74) is 6.89. The lowest BCUT2D eigenvalue weighted by molar-refractivity contribution is 0.0941. The van der Waals surface area contributed by atoms with E-state index in [4.69, 9.17) is 12.2 Å². The molecule has 0 bridgehead atoms. The number of carbonyl (C=O) groups is 1. The van der Waals surface area contributed by atoms with Gasteiger partial charge in [-0.3, -0.25) is 4.79 Å². The Labute approximate surface area is 115 Å². The highest BCUT2D eigenvalue weighted by Gasteiger charge is 2.19. The van der Waals surface area contributed by atoms with E-state index in [1.165, 1.54) is 11.3 Å². The number of thiophene rings is 1. The van der Waals surface area contributed by atoms with Gasteiger partial charge < -0.3 is 11.1 Å². The third kappa shape index (κ3) is 2.66. The number of fused-ring (bicyclic) bond motifs is 1. The Bertz CT molecular complexity index is 644. The second-order valence-corrected chi connectivity index (χ2v) is 5.04. The molecule has 98 valence electrons. The van der Waals surface area contributed by atoms with Crippen LogP contribution < -0.4 is 11.1 Å². The normalized spacial score (nSPS) is 12.0. The van der Waals surface area contributed by atoms with Crippen molar-refractivity contribution in [2.45, 2.75) is 25.8 Å². The second-order valence-electron chi connectivity index (χ2n) is 4.04. The number of nitrogen functional groups attached to an aromatic ring is 1. The molecule has 5 nitrogen and oxygen atoms in total. The van der Waals surface area contributed by atoms with Gasteiger partial charge in [0.05, 0.1) is 5.69 Å². The molecule has 0 radical (unpaired) electrons. The zero-order valence-corrected chi connectivity index (χ0v) is 11.3. The maximum absolute atomic E-state index is 12.2. The van der Waals surface area contributed by atoms with Gasteiger partial charge in [-0.2, -0.15) is 0 Å². The molecule has 0 spiro atoms. The van der Waals surface area contributed by atoms with Gasteiger partial charge in [0.1, 0.15) is 15.2 Å². The van der Waals surface area contributed by atoms with Crippen LogP contribution in [-0.2, 0) is 0 Å². The van der Waals surface area contributed by atoms with E-state index < -0.39 is 0 Å². The molecule has 0 fully saturated rings. The number of anilines is 1. The minimum Gasteiger partial charge on any atom is -0.396 e. The summed E-state index contributed by atoms with van der Waals surface area (Å²) in [5.74, 6) is 2.33. The van der Waals surface area contributed by atoms with Crippen LogP contribution in [0.4, 0.5) is 5.69 Å². The minimum atomic E-state index is -0.218. The Morgan fingerprint density at radius 1 is 1.58 bits per heavy atom. The van der Waals surface area contributed by atoms with Gasteiger partial charge in [0.25, 0.3) is 5.91 Å². The number of rotatable bonds is 4. The van der Waals surface area contributed by atoms with E-state index >= 15 is 0 Å². The molecule has 1 atom stereocenters. The molecule has 0 aliphatic carbocycles. The van der Waals surface area contributed by atoms with Crippen molar-refractivity contribution in [1.82, 2.24) is 15.3 Å². The van der Waals surface area contributed by atoms with Gasteiger partial charge in [0, 0.05) is 24.9 Å². The molecule has 19 heavy (non-hydrogen) atoms. The van der Waals surface area contributed by atoms with Crippen molar-refractivity contribution < 1.29 is 4.79 Å². The Kier molecular flexibility index (Phi) is 3.97. The van der Waals surface area contributed by atoms with Gasteiger partial charge in [0.15, 0.2) is 0 Å². The van der Waals surface area contributed by atoms with Crippen molar-refractivity contribution in [3.05, 3.63) is 17.3 Å². The van der Waals surface area contributed by atoms with E-state index in [1.807, 2.05) is 6.92 Å². The molecule has 2 rings (SSSR count). The monoisotopic (exact) mass is 274 g/mol. The molecule has 1 unspecified atom stereocenters. The average Bonchev–Trinajstić information content (AvgIpc) is 2.76. The molecule has 0 aromatic carbocycles. The summed E-state index contributed by atoms with van der Waals surface area (Å²) in [4.78, 5) is 21.6. The van der Waals surface area contributed by atoms with Crippen LogP contribution in [0.3, 0.4) is 0 Å². The molecule has 0 saturated heterocycles. The third-order valence-electron chi connectivity index (χ3n) is 2.76. The van der Waals surface area contributed by atoms with Crippen molar-refractivity contribution in [3.8, 4) is 12.3 Å². The molecule has 6 heteroatoms.